The average molecular weight is 406 g/mol. The van der Waals surface area contributed by atoms with Crippen molar-refractivity contribution in [1.82, 2.24) is 10.2 Å². The Hall–Kier alpha value is -0.850. The summed E-state index contributed by atoms with van der Waals surface area (Å²) in [7, 11) is 0. The Morgan fingerprint density at radius 3 is 2.31 bits per heavy atom. The van der Waals surface area contributed by atoms with E-state index in [2.05, 4.69) is 22.3 Å². The third-order valence-electron chi connectivity index (χ3n) is 4.74. The molecule has 1 aliphatic rings. The number of carbonyl (C=O) groups excluding carboxylic acids is 1. The van der Waals surface area contributed by atoms with Crippen molar-refractivity contribution in [3.05, 3.63) is 35.4 Å². The van der Waals surface area contributed by atoms with Gasteiger partial charge in [-0.2, -0.15) is 0 Å². The Kier molecular flexibility index (Phi) is 10.7. The van der Waals surface area contributed by atoms with Crippen LogP contribution in [0.2, 0.25) is 0 Å². The fraction of sp³-hybridized carbons (Fsp3) is 0.632. The van der Waals surface area contributed by atoms with Gasteiger partial charge >= 0.3 is 0 Å². The van der Waals surface area contributed by atoms with Gasteiger partial charge < -0.3 is 16.2 Å². The molecule has 0 saturated carbocycles. The number of hydrogen-bond donors (Lipinski definition) is 3. The zero-order chi connectivity index (χ0) is 17.7. The van der Waals surface area contributed by atoms with Crippen molar-refractivity contribution in [1.29, 1.82) is 0 Å². The number of nitrogens with two attached hydrogens (primary N) is 1. The smallest absolute Gasteiger partial charge is 0.237 e. The predicted molar refractivity (Wildman–Crippen MR) is 111 cm³/mol. The van der Waals surface area contributed by atoms with Gasteiger partial charge in [0.25, 0.3) is 0 Å². The largest absolute Gasteiger partial charge is 0.393 e. The van der Waals surface area contributed by atoms with Crippen molar-refractivity contribution >= 4 is 30.7 Å². The van der Waals surface area contributed by atoms with Crippen molar-refractivity contribution in [2.24, 2.45) is 11.1 Å². The highest BCUT2D eigenvalue weighted by Crippen LogP contribution is 2.19. The molecule has 0 bridgehead atoms. The first-order chi connectivity index (χ1) is 11.3. The maximum Gasteiger partial charge on any atom is 0.237 e. The summed E-state index contributed by atoms with van der Waals surface area (Å²) < 4.78 is 0. The molecule has 0 aliphatic carbocycles. The van der Waals surface area contributed by atoms with E-state index >= 15 is 0 Å². The topological polar surface area (TPSA) is 78.6 Å². The molecular weight excluding hydrogens is 373 g/mol. The number of aliphatic hydroxyl groups is 1. The number of hydrogen-bond acceptors (Lipinski definition) is 4. The highest BCUT2D eigenvalue weighted by molar-refractivity contribution is 5.85. The average Bonchev–Trinajstić information content (AvgIpc) is 2.54. The zero-order valence-electron chi connectivity index (χ0n) is 15.9. The summed E-state index contributed by atoms with van der Waals surface area (Å²) >= 11 is 0. The highest BCUT2D eigenvalue weighted by Gasteiger charge is 2.27. The Labute approximate surface area is 169 Å². The third kappa shape index (κ3) is 7.41. The maximum absolute atomic E-state index is 12.2. The van der Waals surface area contributed by atoms with Crippen LogP contribution in [0.5, 0.6) is 0 Å². The van der Waals surface area contributed by atoms with E-state index in [1.807, 2.05) is 32.9 Å². The number of rotatable bonds is 5. The van der Waals surface area contributed by atoms with Crippen molar-refractivity contribution in [2.75, 3.05) is 13.1 Å². The van der Waals surface area contributed by atoms with Crippen LogP contribution < -0.4 is 11.1 Å². The number of nitrogens with zero attached hydrogens (tertiary/aromatic N) is 1. The molecule has 1 saturated heterocycles. The quantitative estimate of drug-likeness (QED) is 0.702. The van der Waals surface area contributed by atoms with Gasteiger partial charge in [-0.3, -0.25) is 9.69 Å². The number of amides is 1. The summed E-state index contributed by atoms with van der Waals surface area (Å²) in [6.45, 7) is 9.08. The maximum atomic E-state index is 12.2. The molecule has 0 radical (unpaired) electrons. The normalized spacial score (nSPS) is 17.0. The molecule has 2 rings (SSSR count). The Bertz CT molecular complexity index is 556. The minimum atomic E-state index is -0.520. The standard InChI is InChI=1S/C19H31N3O2.2ClH/c1-19(2,3)17(20)18(24)21-12-14-6-4-5-7-15(14)13-22-10-8-16(23)9-11-22;;/h4-7,16-17,23H,8-13,20H2,1-3H3,(H,21,24);2*1H/t17-;;/m1../s1. The second-order valence-corrected chi connectivity index (χ2v) is 7.84. The van der Waals surface area contributed by atoms with Crippen LogP contribution in [0.25, 0.3) is 0 Å². The van der Waals surface area contributed by atoms with Crippen LogP contribution in [0.3, 0.4) is 0 Å². The molecule has 1 fully saturated rings. The first-order valence-electron chi connectivity index (χ1n) is 8.78. The van der Waals surface area contributed by atoms with Crippen molar-refractivity contribution in [3.63, 3.8) is 0 Å². The fourth-order valence-electron chi connectivity index (χ4n) is 2.89. The third-order valence-corrected chi connectivity index (χ3v) is 4.74. The zero-order valence-corrected chi connectivity index (χ0v) is 17.5. The van der Waals surface area contributed by atoms with Gasteiger partial charge in [-0.15, -0.1) is 24.8 Å². The van der Waals surface area contributed by atoms with Crippen LogP contribution in [0, 0.1) is 5.41 Å². The molecule has 1 aromatic rings. The lowest BCUT2D eigenvalue weighted by molar-refractivity contribution is -0.124. The highest BCUT2D eigenvalue weighted by atomic mass is 35.5. The van der Waals surface area contributed by atoms with Crippen LogP contribution in [-0.4, -0.2) is 41.1 Å². The van der Waals surface area contributed by atoms with E-state index in [-0.39, 0.29) is 42.2 Å². The van der Waals surface area contributed by atoms with Crippen molar-refractivity contribution in [3.8, 4) is 0 Å². The van der Waals surface area contributed by atoms with Crippen LogP contribution in [0.1, 0.15) is 44.7 Å². The van der Waals surface area contributed by atoms with Gasteiger partial charge in [0.15, 0.2) is 0 Å². The van der Waals surface area contributed by atoms with Gasteiger partial charge in [0.2, 0.25) is 5.91 Å². The monoisotopic (exact) mass is 405 g/mol. The second kappa shape index (κ2) is 11.1. The number of halogens is 2. The Morgan fingerprint density at radius 1 is 1.23 bits per heavy atom. The molecule has 0 spiro atoms. The summed E-state index contributed by atoms with van der Waals surface area (Å²) in [6.07, 6.45) is 1.51. The summed E-state index contributed by atoms with van der Waals surface area (Å²) in [5.74, 6) is -0.113. The van der Waals surface area contributed by atoms with E-state index in [1.165, 1.54) is 5.56 Å². The van der Waals surface area contributed by atoms with Crippen LogP contribution in [-0.2, 0) is 17.9 Å². The number of likely N-dealkylation sites (tertiary alicyclic amines) is 1. The number of aliphatic hydroxyl groups excluding tert-OH is 1. The number of nitrogens with one attached hydrogen (secondary N) is 1. The molecule has 7 heteroatoms. The van der Waals surface area contributed by atoms with E-state index in [0.717, 1.165) is 38.0 Å². The minimum Gasteiger partial charge on any atom is -0.393 e. The van der Waals surface area contributed by atoms with E-state index in [4.69, 9.17) is 5.73 Å². The lowest BCUT2D eigenvalue weighted by Gasteiger charge is -2.30. The second-order valence-electron chi connectivity index (χ2n) is 7.84. The minimum absolute atomic E-state index is 0. The molecular formula is C19H33Cl2N3O2. The SMILES string of the molecule is CC(C)(C)[C@H](N)C(=O)NCc1ccccc1CN1CCC(O)CC1.Cl.Cl. The van der Waals surface area contributed by atoms with Gasteiger partial charge in [-0.1, -0.05) is 45.0 Å². The van der Waals surface area contributed by atoms with E-state index in [9.17, 15) is 9.90 Å². The van der Waals surface area contributed by atoms with Gasteiger partial charge in [0, 0.05) is 26.2 Å². The first kappa shape index (κ1) is 25.1. The summed E-state index contributed by atoms with van der Waals surface area (Å²) in [5, 5.41) is 12.6. The predicted octanol–water partition coefficient (Wildman–Crippen LogP) is 2.48. The molecule has 1 aromatic carbocycles. The van der Waals surface area contributed by atoms with Gasteiger partial charge in [-0.25, -0.2) is 0 Å². The summed E-state index contributed by atoms with van der Waals surface area (Å²) in [6, 6.07) is 7.66. The summed E-state index contributed by atoms with van der Waals surface area (Å²) in [5.41, 5.74) is 8.11. The van der Waals surface area contributed by atoms with Crippen LogP contribution >= 0.6 is 24.8 Å². The summed E-state index contributed by atoms with van der Waals surface area (Å²) in [4.78, 5) is 14.6. The number of carbonyl (C=O) groups is 1. The molecule has 26 heavy (non-hydrogen) atoms. The molecule has 0 aromatic heterocycles. The molecule has 4 N–H and O–H groups in total. The Balaban J connectivity index is 0.00000312. The first-order valence-corrected chi connectivity index (χ1v) is 8.78. The van der Waals surface area contributed by atoms with E-state index in [0.29, 0.717) is 6.54 Å². The fourth-order valence-corrected chi connectivity index (χ4v) is 2.89. The number of benzene rings is 1. The van der Waals surface area contributed by atoms with Gasteiger partial charge in [0.05, 0.1) is 12.1 Å². The van der Waals surface area contributed by atoms with Crippen molar-refractivity contribution < 1.29 is 9.90 Å². The molecule has 1 amide bonds. The van der Waals surface area contributed by atoms with Crippen LogP contribution in [0.15, 0.2) is 24.3 Å². The molecule has 1 atom stereocenters. The van der Waals surface area contributed by atoms with Gasteiger partial charge in [0.1, 0.15) is 0 Å². The molecule has 150 valence electrons. The van der Waals surface area contributed by atoms with E-state index in [1.54, 1.807) is 0 Å². The van der Waals surface area contributed by atoms with E-state index < -0.39 is 6.04 Å². The number of piperidine rings is 1. The lowest BCUT2D eigenvalue weighted by atomic mass is 9.87. The molecule has 1 heterocycles. The molecule has 1 aliphatic heterocycles. The molecule has 5 nitrogen and oxygen atoms in total. The lowest BCUT2D eigenvalue weighted by Crippen LogP contribution is -2.48. The molecule has 0 unspecified atom stereocenters. The van der Waals surface area contributed by atoms with Crippen molar-refractivity contribution in [2.45, 2.75) is 58.8 Å². The van der Waals surface area contributed by atoms with Crippen LogP contribution in [0.4, 0.5) is 0 Å². The van der Waals surface area contributed by atoms with Gasteiger partial charge in [-0.05, 0) is 29.4 Å². The Morgan fingerprint density at radius 2 is 1.77 bits per heavy atom.